The number of rotatable bonds is 9. The first-order chi connectivity index (χ1) is 19.5. The van der Waals surface area contributed by atoms with E-state index in [1.54, 1.807) is 37.6 Å². The Morgan fingerprint density at radius 3 is 2.51 bits per heavy atom. The normalized spacial score (nSPS) is 16.8. The van der Waals surface area contributed by atoms with Crippen molar-refractivity contribution in [2.75, 3.05) is 50.5 Å². The molecule has 0 unspecified atom stereocenters. The molecule has 2 aromatic carbocycles. The van der Waals surface area contributed by atoms with E-state index >= 15 is 0 Å². The fourth-order valence-corrected chi connectivity index (χ4v) is 7.30. The molecule has 11 heteroatoms. The molecular formula is C30H34F4N3O2PS. The van der Waals surface area contributed by atoms with Gasteiger partial charge < -0.3 is 24.8 Å². The molecule has 1 aliphatic heterocycles. The molecule has 2 fully saturated rings. The van der Waals surface area contributed by atoms with Gasteiger partial charge in [-0.25, -0.2) is 4.39 Å². The summed E-state index contributed by atoms with van der Waals surface area (Å²) in [4.78, 5) is 2.92. The number of benzene rings is 2. The van der Waals surface area contributed by atoms with Crippen molar-refractivity contribution >= 4 is 45.2 Å². The standard InChI is InChI=1S/C30H34F4N3O2PS/c1-40(2,38)22-10-11-25(27(17-22)39-19-31)35-14-4-7-28-24(18-30(32,33)34)23-5-3-6-26(29(23)41-28)36-20-12-15-37(16-13-20)21-8-9-21/h3,5-6,10-11,17,20-21,35-36H,8-9,12-16,18-19H2,1-2H3. The van der Waals surface area contributed by atoms with E-state index < -0.39 is 26.6 Å². The third kappa shape index (κ3) is 7.57. The highest BCUT2D eigenvalue weighted by Gasteiger charge is 2.33. The summed E-state index contributed by atoms with van der Waals surface area (Å²) in [5, 5.41) is 7.77. The van der Waals surface area contributed by atoms with Gasteiger partial charge in [-0.05, 0) is 74.2 Å². The first-order valence-electron chi connectivity index (χ1n) is 13.7. The van der Waals surface area contributed by atoms with Gasteiger partial charge in [0.05, 0.1) is 33.9 Å². The number of piperidine rings is 1. The maximum atomic E-state index is 13.6. The molecule has 41 heavy (non-hydrogen) atoms. The minimum atomic E-state index is -4.37. The zero-order valence-corrected chi connectivity index (χ0v) is 24.8. The summed E-state index contributed by atoms with van der Waals surface area (Å²) in [5.41, 5.74) is 1.49. The molecule has 1 saturated heterocycles. The molecule has 0 spiro atoms. The number of halogens is 4. The number of fused-ring (bicyclic) bond motifs is 1. The van der Waals surface area contributed by atoms with E-state index in [0.717, 1.165) is 42.4 Å². The number of hydrogen-bond donors (Lipinski definition) is 2. The summed E-state index contributed by atoms with van der Waals surface area (Å²) in [7, 11) is -2.57. The average Bonchev–Trinajstić information content (AvgIpc) is 3.70. The van der Waals surface area contributed by atoms with Crippen LogP contribution in [0.3, 0.4) is 0 Å². The van der Waals surface area contributed by atoms with Crippen molar-refractivity contribution in [3.05, 3.63) is 46.8 Å². The van der Waals surface area contributed by atoms with E-state index in [1.807, 2.05) is 6.07 Å². The zero-order valence-electron chi connectivity index (χ0n) is 23.1. The molecule has 1 saturated carbocycles. The maximum absolute atomic E-state index is 13.6. The Labute approximate surface area is 242 Å². The van der Waals surface area contributed by atoms with Crippen molar-refractivity contribution in [2.24, 2.45) is 0 Å². The van der Waals surface area contributed by atoms with Crippen LogP contribution in [-0.2, 0) is 11.0 Å². The van der Waals surface area contributed by atoms with Crippen molar-refractivity contribution in [1.82, 2.24) is 4.90 Å². The van der Waals surface area contributed by atoms with E-state index in [2.05, 4.69) is 27.4 Å². The molecule has 0 amide bonds. The quantitative estimate of drug-likeness (QED) is 0.155. The predicted molar refractivity (Wildman–Crippen MR) is 160 cm³/mol. The molecule has 2 aliphatic rings. The highest BCUT2D eigenvalue weighted by Crippen LogP contribution is 2.40. The molecular weight excluding hydrogens is 573 g/mol. The number of alkyl halides is 4. The highest BCUT2D eigenvalue weighted by atomic mass is 32.1. The fraction of sp³-hybridized carbons (Fsp3) is 0.467. The van der Waals surface area contributed by atoms with Crippen LogP contribution in [0.25, 0.3) is 10.1 Å². The summed E-state index contributed by atoms with van der Waals surface area (Å²) < 4.78 is 72.0. The molecule has 2 heterocycles. The topological polar surface area (TPSA) is 53.6 Å². The summed E-state index contributed by atoms with van der Waals surface area (Å²) >= 11 is 1.28. The molecule has 1 aromatic heterocycles. The largest absolute Gasteiger partial charge is 0.461 e. The lowest BCUT2D eigenvalue weighted by Crippen LogP contribution is -2.40. The van der Waals surface area contributed by atoms with Gasteiger partial charge in [0.15, 0.2) is 0 Å². The second kappa shape index (κ2) is 12.2. The SMILES string of the molecule is CP(C)(=O)c1ccc(NCC#Cc2sc3c(NC4CCN(C5CC5)CC4)cccc3c2CC(F)(F)F)c(OCF)c1. The Bertz CT molecular complexity index is 1500. The minimum absolute atomic E-state index is 0.0995. The highest BCUT2D eigenvalue weighted by molar-refractivity contribution is 7.70. The van der Waals surface area contributed by atoms with Gasteiger partial charge in [-0.3, -0.25) is 0 Å². The molecule has 220 valence electrons. The van der Waals surface area contributed by atoms with Gasteiger partial charge in [0, 0.05) is 30.5 Å². The summed E-state index contributed by atoms with van der Waals surface area (Å²) in [6, 6.07) is 11.4. The number of anilines is 2. The Morgan fingerprint density at radius 2 is 1.85 bits per heavy atom. The molecule has 0 radical (unpaired) electrons. The van der Waals surface area contributed by atoms with Crippen molar-refractivity contribution in [3.8, 4) is 17.6 Å². The second-order valence-corrected chi connectivity index (χ2v) is 15.2. The van der Waals surface area contributed by atoms with Crippen molar-refractivity contribution in [2.45, 2.75) is 50.4 Å². The van der Waals surface area contributed by atoms with E-state index in [-0.39, 0.29) is 23.9 Å². The van der Waals surface area contributed by atoms with Gasteiger partial charge in [0.1, 0.15) is 12.9 Å². The van der Waals surface area contributed by atoms with Crippen LogP contribution in [-0.4, -0.2) is 63.0 Å². The number of nitrogens with zero attached hydrogens (tertiary/aromatic N) is 1. The first kappa shape index (κ1) is 29.8. The second-order valence-electron chi connectivity index (χ2n) is 11.0. The van der Waals surface area contributed by atoms with Crippen LogP contribution in [0.2, 0.25) is 0 Å². The van der Waals surface area contributed by atoms with Gasteiger partial charge in [0.25, 0.3) is 0 Å². The molecule has 2 N–H and O–H groups in total. The summed E-state index contributed by atoms with van der Waals surface area (Å²) in [5.74, 6) is 6.08. The molecule has 5 nitrogen and oxygen atoms in total. The third-order valence-electron chi connectivity index (χ3n) is 7.51. The summed E-state index contributed by atoms with van der Waals surface area (Å²) in [6.45, 7) is 4.36. The first-order valence-corrected chi connectivity index (χ1v) is 17.2. The number of hydrogen-bond acceptors (Lipinski definition) is 6. The lowest BCUT2D eigenvalue weighted by Gasteiger charge is -2.33. The van der Waals surface area contributed by atoms with E-state index in [1.165, 1.54) is 30.2 Å². The van der Waals surface area contributed by atoms with E-state index in [4.69, 9.17) is 4.74 Å². The molecule has 0 atom stereocenters. The maximum Gasteiger partial charge on any atom is 0.393 e. The van der Waals surface area contributed by atoms with Gasteiger partial charge in [0.2, 0.25) is 6.86 Å². The Balaban J connectivity index is 1.36. The zero-order chi connectivity index (χ0) is 29.2. The smallest absolute Gasteiger partial charge is 0.393 e. The van der Waals surface area contributed by atoms with Gasteiger partial charge in [-0.15, -0.1) is 11.3 Å². The van der Waals surface area contributed by atoms with Gasteiger partial charge in [-0.2, -0.15) is 13.2 Å². The minimum Gasteiger partial charge on any atom is -0.461 e. The van der Waals surface area contributed by atoms with Crippen molar-refractivity contribution in [3.63, 3.8) is 0 Å². The lowest BCUT2D eigenvalue weighted by atomic mass is 10.0. The molecule has 0 bridgehead atoms. The molecule has 3 aromatic rings. The average molecular weight is 608 g/mol. The van der Waals surface area contributed by atoms with Crippen LogP contribution in [0.5, 0.6) is 5.75 Å². The Hall–Kier alpha value is -2.73. The van der Waals surface area contributed by atoms with Gasteiger partial charge in [-0.1, -0.05) is 24.0 Å². The van der Waals surface area contributed by atoms with Crippen molar-refractivity contribution in [1.29, 1.82) is 0 Å². The van der Waals surface area contributed by atoms with Crippen LogP contribution in [0, 0.1) is 11.8 Å². The summed E-state index contributed by atoms with van der Waals surface area (Å²) in [6.07, 6.45) is -0.844. The van der Waals surface area contributed by atoms with Gasteiger partial charge >= 0.3 is 6.18 Å². The Morgan fingerprint density at radius 1 is 1.10 bits per heavy atom. The van der Waals surface area contributed by atoms with Crippen LogP contribution in [0.1, 0.15) is 36.1 Å². The van der Waals surface area contributed by atoms with Crippen LogP contribution in [0.15, 0.2) is 36.4 Å². The fourth-order valence-electron chi connectivity index (χ4n) is 5.26. The molecule has 1 aliphatic carbocycles. The lowest BCUT2D eigenvalue weighted by molar-refractivity contribution is -0.126. The number of likely N-dealkylation sites (tertiary alicyclic amines) is 1. The van der Waals surface area contributed by atoms with E-state index in [9.17, 15) is 22.1 Å². The van der Waals surface area contributed by atoms with Crippen LogP contribution in [0.4, 0.5) is 28.9 Å². The number of nitrogens with one attached hydrogen (secondary N) is 2. The number of thiophene rings is 1. The third-order valence-corrected chi connectivity index (χ3v) is 10.2. The van der Waals surface area contributed by atoms with Crippen LogP contribution >= 0.6 is 18.5 Å². The van der Waals surface area contributed by atoms with E-state index in [0.29, 0.717) is 21.3 Å². The Kier molecular flexibility index (Phi) is 8.89. The van der Waals surface area contributed by atoms with Crippen molar-refractivity contribution < 1.29 is 26.9 Å². The predicted octanol–water partition coefficient (Wildman–Crippen LogP) is 7.06. The monoisotopic (exact) mass is 607 g/mol. The van der Waals surface area contributed by atoms with Crippen LogP contribution < -0.4 is 20.7 Å². The molecule has 5 rings (SSSR count). The number of ether oxygens (including phenoxy) is 1.